The smallest absolute Gasteiger partial charge is 0.331 e. The number of likely N-dealkylation sites (tertiary alicyclic amines) is 1. The Labute approximate surface area is 201 Å². The highest BCUT2D eigenvalue weighted by atomic mass is 32.2. The molecule has 3 aromatic carbocycles. The van der Waals surface area contributed by atoms with Crippen molar-refractivity contribution in [2.24, 2.45) is 0 Å². The second kappa shape index (κ2) is 9.28. The largest absolute Gasteiger partial charge is 0.479 e. The van der Waals surface area contributed by atoms with E-state index in [1.165, 1.54) is 0 Å². The molecule has 2 atom stereocenters. The number of carbonyl (C=O) groups excluding carboxylic acids is 1. The number of non-ortho nitro benzene ring substituents is 1. The Balaban J connectivity index is 1.68. The lowest BCUT2D eigenvalue weighted by molar-refractivity contribution is -0.384. The molecule has 0 bridgehead atoms. The fraction of sp³-hybridized carbons (Fsp3) is 0.167. The minimum absolute atomic E-state index is 0.00346. The van der Waals surface area contributed by atoms with Gasteiger partial charge in [-0.3, -0.25) is 14.9 Å². The quantitative estimate of drug-likeness (QED) is 0.263. The summed E-state index contributed by atoms with van der Waals surface area (Å²) in [5.74, 6) is -1.92. The van der Waals surface area contributed by atoms with Crippen molar-refractivity contribution in [2.45, 2.75) is 22.9 Å². The van der Waals surface area contributed by atoms with E-state index in [1.807, 2.05) is 0 Å². The zero-order valence-electron chi connectivity index (χ0n) is 18.3. The van der Waals surface area contributed by atoms with Crippen molar-refractivity contribution in [3.8, 4) is 0 Å². The van der Waals surface area contributed by atoms with E-state index in [2.05, 4.69) is 4.72 Å². The molecule has 1 fully saturated rings. The molecule has 35 heavy (non-hydrogen) atoms. The van der Waals surface area contributed by atoms with Gasteiger partial charge in [-0.2, -0.15) is 4.72 Å². The maximum Gasteiger partial charge on any atom is 0.331 e. The summed E-state index contributed by atoms with van der Waals surface area (Å²) in [6, 6.07) is 20.0. The van der Waals surface area contributed by atoms with Crippen LogP contribution in [0.4, 0.5) is 5.69 Å². The first-order chi connectivity index (χ1) is 16.6. The van der Waals surface area contributed by atoms with Crippen LogP contribution in [0, 0.1) is 10.1 Å². The predicted octanol–water partition coefficient (Wildman–Crippen LogP) is 2.52. The van der Waals surface area contributed by atoms with Crippen LogP contribution in [0.15, 0.2) is 89.8 Å². The lowest BCUT2D eigenvalue weighted by Crippen LogP contribution is -2.75. The van der Waals surface area contributed by atoms with E-state index in [9.17, 15) is 33.2 Å². The van der Waals surface area contributed by atoms with Crippen LogP contribution in [0.5, 0.6) is 0 Å². The number of nitro groups is 1. The maximum atomic E-state index is 13.5. The molecule has 1 aliphatic heterocycles. The number of nitrogens with one attached hydrogen (secondary N) is 1. The number of benzene rings is 3. The maximum absolute atomic E-state index is 13.5. The molecule has 1 amide bonds. The number of carboxylic acids is 1. The van der Waals surface area contributed by atoms with Gasteiger partial charge in [-0.1, -0.05) is 60.7 Å². The van der Waals surface area contributed by atoms with Crippen LogP contribution >= 0.6 is 0 Å². The molecular weight excluding hydrogens is 474 g/mol. The number of carboxylic acid groups (broad SMARTS) is 1. The van der Waals surface area contributed by atoms with Crippen molar-refractivity contribution in [2.75, 3.05) is 6.54 Å². The summed E-state index contributed by atoms with van der Waals surface area (Å²) < 4.78 is 28.8. The molecule has 0 aromatic heterocycles. The number of carbonyl (C=O) groups is 2. The van der Waals surface area contributed by atoms with E-state index in [0.29, 0.717) is 11.1 Å². The summed E-state index contributed by atoms with van der Waals surface area (Å²) in [7, 11) is -4.28. The van der Waals surface area contributed by atoms with Crippen molar-refractivity contribution in [3.63, 3.8) is 0 Å². The van der Waals surface area contributed by atoms with Gasteiger partial charge in [0.15, 0.2) is 6.04 Å². The van der Waals surface area contributed by atoms with Gasteiger partial charge in [-0.15, -0.1) is 0 Å². The van der Waals surface area contributed by atoms with Crippen molar-refractivity contribution < 1.29 is 28.0 Å². The van der Waals surface area contributed by atoms with Crippen LogP contribution in [-0.2, 0) is 26.0 Å². The standard InChI is InChI=1S/C24H21N3O7S/c28-22(29)21(18-9-5-2-6-10-18)26-16-24(23(26)30,15-17-7-3-1-4-8-17)25-35(33,34)20-13-11-19(12-14-20)27(31)32/h1-14,21,25H,15-16H2,(H,28,29)/t21-,24+/m0/s1. The topological polar surface area (TPSA) is 147 Å². The molecule has 0 radical (unpaired) electrons. The number of sulfonamides is 1. The molecule has 11 heteroatoms. The number of amides is 1. The molecule has 0 unspecified atom stereocenters. The summed E-state index contributed by atoms with van der Waals surface area (Å²) in [5, 5.41) is 20.7. The Hall–Kier alpha value is -4.09. The van der Waals surface area contributed by atoms with E-state index in [0.717, 1.165) is 29.2 Å². The van der Waals surface area contributed by atoms with Gasteiger partial charge in [0.25, 0.3) is 5.69 Å². The minimum Gasteiger partial charge on any atom is -0.479 e. The first-order valence-corrected chi connectivity index (χ1v) is 12.0. The second-order valence-electron chi connectivity index (χ2n) is 8.19. The van der Waals surface area contributed by atoms with Gasteiger partial charge in [-0.05, 0) is 23.3 Å². The van der Waals surface area contributed by atoms with Crippen molar-refractivity contribution in [1.82, 2.24) is 9.62 Å². The lowest BCUT2D eigenvalue weighted by atomic mass is 9.81. The van der Waals surface area contributed by atoms with Crippen LogP contribution in [0.25, 0.3) is 0 Å². The Morgan fingerprint density at radius 3 is 2.11 bits per heavy atom. The van der Waals surface area contributed by atoms with Crippen LogP contribution < -0.4 is 4.72 Å². The third-order valence-electron chi connectivity index (χ3n) is 5.81. The van der Waals surface area contributed by atoms with Crippen LogP contribution in [0.2, 0.25) is 0 Å². The average Bonchev–Trinajstić information content (AvgIpc) is 2.84. The Morgan fingerprint density at radius 1 is 1.03 bits per heavy atom. The molecule has 2 N–H and O–H groups in total. The Morgan fingerprint density at radius 2 is 1.60 bits per heavy atom. The summed E-state index contributed by atoms with van der Waals surface area (Å²) in [6.45, 7) is -0.182. The molecule has 180 valence electrons. The van der Waals surface area contributed by atoms with Crippen molar-refractivity contribution in [3.05, 3.63) is 106 Å². The van der Waals surface area contributed by atoms with E-state index >= 15 is 0 Å². The number of nitro benzene ring substituents is 1. The molecule has 3 aromatic rings. The molecule has 0 saturated carbocycles. The minimum atomic E-state index is -4.28. The zero-order valence-corrected chi connectivity index (χ0v) is 19.1. The molecule has 1 aliphatic rings. The highest BCUT2D eigenvalue weighted by Crippen LogP contribution is 2.36. The van der Waals surface area contributed by atoms with E-state index < -0.39 is 38.4 Å². The van der Waals surface area contributed by atoms with Crippen molar-refractivity contribution >= 4 is 27.6 Å². The molecule has 0 aliphatic carbocycles. The third kappa shape index (κ3) is 4.77. The molecule has 0 spiro atoms. The summed E-state index contributed by atoms with van der Waals surface area (Å²) in [4.78, 5) is 36.7. The highest BCUT2D eigenvalue weighted by molar-refractivity contribution is 7.89. The molecular formula is C24H21N3O7S. The molecule has 1 saturated heterocycles. The third-order valence-corrected chi connectivity index (χ3v) is 7.36. The van der Waals surface area contributed by atoms with Crippen LogP contribution in [0.1, 0.15) is 17.2 Å². The van der Waals surface area contributed by atoms with Gasteiger partial charge in [0, 0.05) is 18.6 Å². The summed E-state index contributed by atoms with van der Waals surface area (Å²) >= 11 is 0. The predicted molar refractivity (Wildman–Crippen MR) is 125 cm³/mol. The summed E-state index contributed by atoms with van der Waals surface area (Å²) in [6.07, 6.45) is -0.00346. The van der Waals surface area contributed by atoms with Gasteiger partial charge in [-0.25, -0.2) is 13.2 Å². The number of β-lactam (4-membered cyclic amide) rings is 1. The number of hydrogen-bond donors (Lipinski definition) is 2. The monoisotopic (exact) mass is 495 g/mol. The van der Waals surface area contributed by atoms with Gasteiger partial charge in [0.05, 0.1) is 16.4 Å². The van der Waals surface area contributed by atoms with Gasteiger partial charge in [0.1, 0.15) is 5.54 Å². The number of hydrogen-bond acceptors (Lipinski definition) is 6. The number of rotatable bonds is 9. The molecule has 1 heterocycles. The van der Waals surface area contributed by atoms with Gasteiger partial charge < -0.3 is 10.0 Å². The fourth-order valence-electron chi connectivity index (χ4n) is 4.16. The number of nitrogens with zero attached hydrogens (tertiary/aromatic N) is 2. The van der Waals surface area contributed by atoms with Crippen molar-refractivity contribution in [1.29, 1.82) is 0 Å². The first kappa shape index (κ1) is 24.0. The second-order valence-corrected chi connectivity index (χ2v) is 9.87. The normalized spacial score (nSPS) is 18.5. The average molecular weight is 496 g/mol. The highest BCUT2D eigenvalue weighted by Gasteiger charge is 2.57. The Kier molecular flexibility index (Phi) is 6.37. The van der Waals surface area contributed by atoms with Gasteiger partial charge >= 0.3 is 5.97 Å². The lowest BCUT2D eigenvalue weighted by Gasteiger charge is -2.51. The summed E-state index contributed by atoms with van der Waals surface area (Å²) in [5.41, 5.74) is -0.830. The van der Waals surface area contributed by atoms with Crippen LogP contribution in [0.3, 0.4) is 0 Å². The zero-order chi connectivity index (χ0) is 25.2. The Bertz CT molecular complexity index is 1360. The fourth-order valence-corrected chi connectivity index (χ4v) is 5.52. The SMILES string of the molecule is O=C(O)[C@H](c1ccccc1)N1C[C@@](Cc2ccccc2)(NS(=O)(=O)c2ccc([N+](=O)[O-])cc2)C1=O. The number of aliphatic carboxylic acids is 1. The van der Waals surface area contributed by atoms with Gasteiger partial charge in [0.2, 0.25) is 15.9 Å². The first-order valence-electron chi connectivity index (χ1n) is 10.5. The van der Waals surface area contributed by atoms with Crippen LogP contribution in [-0.4, -0.2) is 47.3 Å². The molecule has 10 nitrogen and oxygen atoms in total. The van der Waals surface area contributed by atoms with E-state index in [1.54, 1.807) is 60.7 Å². The van der Waals surface area contributed by atoms with E-state index in [4.69, 9.17) is 0 Å². The van der Waals surface area contributed by atoms with E-state index in [-0.39, 0.29) is 23.5 Å². The molecule has 4 rings (SSSR count).